The summed E-state index contributed by atoms with van der Waals surface area (Å²) in [6, 6.07) is 2.17. The SMILES string of the molecule is C=C[C@@H]1C[C@]1(NC(=O)C1C[C@@H](OC(=O)N2Cc3cccc(F)c3C2)CN1C(=O)[C@H](CCC/C=C\C(C)(C)C)NC(=O)OC(C)(C)C)C(=O)NS(=O)(=O)C1CC1. The van der Waals surface area contributed by atoms with Gasteiger partial charge in [-0.3, -0.25) is 24.0 Å². The van der Waals surface area contributed by atoms with E-state index in [4.69, 9.17) is 9.47 Å². The van der Waals surface area contributed by atoms with E-state index < -0.39 is 86.2 Å². The molecule has 3 fully saturated rings. The minimum Gasteiger partial charge on any atom is -0.444 e. The number of hydrogen-bond acceptors (Lipinski definition) is 9. The van der Waals surface area contributed by atoms with E-state index in [1.54, 1.807) is 32.9 Å². The average molecular weight is 788 g/mol. The molecule has 2 aliphatic heterocycles. The van der Waals surface area contributed by atoms with Gasteiger partial charge < -0.3 is 25.0 Å². The zero-order chi connectivity index (χ0) is 40.5. The number of rotatable bonds is 13. The molecule has 302 valence electrons. The number of likely N-dealkylation sites (tertiary alicyclic amines) is 1. The third-order valence-corrected chi connectivity index (χ3v) is 11.8. The van der Waals surface area contributed by atoms with Crippen LogP contribution in [0.3, 0.4) is 0 Å². The molecule has 0 aromatic heterocycles. The number of fused-ring (bicyclic) bond motifs is 1. The number of carbonyl (C=O) groups excluding carboxylic acids is 5. The number of carbonyl (C=O) groups is 5. The number of benzene rings is 1. The predicted octanol–water partition coefficient (Wildman–Crippen LogP) is 4.58. The van der Waals surface area contributed by atoms with E-state index in [2.05, 4.69) is 48.8 Å². The zero-order valence-corrected chi connectivity index (χ0v) is 33.3. The molecule has 1 aromatic rings. The Kier molecular flexibility index (Phi) is 12.1. The van der Waals surface area contributed by atoms with Gasteiger partial charge >= 0.3 is 12.2 Å². The first-order valence-corrected chi connectivity index (χ1v) is 20.4. The second kappa shape index (κ2) is 15.9. The molecule has 3 N–H and O–H groups in total. The summed E-state index contributed by atoms with van der Waals surface area (Å²) in [5.41, 5.74) is -1.53. The Morgan fingerprint density at radius 1 is 1.09 bits per heavy atom. The Bertz CT molecular complexity index is 1830. The Morgan fingerprint density at radius 2 is 1.80 bits per heavy atom. The lowest BCUT2D eigenvalue weighted by Crippen LogP contribution is -2.58. The molecule has 0 radical (unpaired) electrons. The normalized spacial score (nSPS) is 24.2. The van der Waals surface area contributed by atoms with Crippen molar-refractivity contribution in [3.8, 4) is 0 Å². The minimum absolute atomic E-state index is 0.0179. The number of halogens is 1. The van der Waals surface area contributed by atoms with Gasteiger partial charge in [0.15, 0.2) is 0 Å². The third kappa shape index (κ3) is 10.4. The van der Waals surface area contributed by atoms with Gasteiger partial charge in [0.05, 0.1) is 18.3 Å². The number of sulfonamides is 1. The molecule has 0 bridgehead atoms. The first-order chi connectivity index (χ1) is 25.6. The summed E-state index contributed by atoms with van der Waals surface area (Å²) >= 11 is 0. The highest BCUT2D eigenvalue weighted by Gasteiger charge is 2.62. The molecule has 2 aliphatic carbocycles. The second-order valence-corrected chi connectivity index (χ2v) is 19.0. The van der Waals surface area contributed by atoms with E-state index in [0.29, 0.717) is 36.8 Å². The minimum atomic E-state index is -3.94. The topological polar surface area (TPSA) is 181 Å². The van der Waals surface area contributed by atoms with Crippen LogP contribution in [0.15, 0.2) is 43.0 Å². The highest BCUT2D eigenvalue weighted by atomic mass is 32.2. The fourth-order valence-corrected chi connectivity index (χ4v) is 8.27. The van der Waals surface area contributed by atoms with Crippen LogP contribution in [0.25, 0.3) is 0 Å². The molecular formula is C39H54FN5O9S. The van der Waals surface area contributed by atoms with Gasteiger partial charge in [-0.25, -0.2) is 22.4 Å². The number of unbranched alkanes of at least 4 members (excludes halogenated alkanes) is 1. The van der Waals surface area contributed by atoms with Crippen molar-refractivity contribution in [3.05, 3.63) is 60.0 Å². The molecule has 14 nitrogen and oxygen atoms in total. The van der Waals surface area contributed by atoms with Gasteiger partial charge in [-0.2, -0.15) is 0 Å². The molecule has 0 spiro atoms. The van der Waals surface area contributed by atoms with Crippen molar-refractivity contribution in [2.24, 2.45) is 11.3 Å². The van der Waals surface area contributed by atoms with Crippen LogP contribution in [-0.2, 0) is 47.0 Å². The van der Waals surface area contributed by atoms with Crippen molar-refractivity contribution in [1.29, 1.82) is 0 Å². The highest BCUT2D eigenvalue weighted by molar-refractivity contribution is 7.91. The third-order valence-electron chi connectivity index (χ3n) is 10.0. The van der Waals surface area contributed by atoms with Crippen LogP contribution in [0.1, 0.15) is 97.6 Å². The Hall–Kier alpha value is -4.47. The summed E-state index contributed by atoms with van der Waals surface area (Å²) in [4.78, 5) is 71.1. The Labute approximate surface area is 322 Å². The van der Waals surface area contributed by atoms with Crippen molar-refractivity contribution in [3.63, 3.8) is 0 Å². The van der Waals surface area contributed by atoms with Crippen molar-refractivity contribution in [2.45, 2.75) is 134 Å². The molecule has 2 saturated carbocycles. The quantitative estimate of drug-likeness (QED) is 0.191. The number of ether oxygens (including phenoxy) is 2. The second-order valence-electron chi connectivity index (χ2n) is 17.1. The van der Waals surface area contributed by atoms with E-state index >= 15 is 0 Å². The van der Waals surface area contributed by atoms with Crippen LogP contribution in [0, 0.1) is 17.2 Å². The average Bonchev–Trinajstić information content (AvgIpc) is 3.96. The number of hydrogen-bond donors (Lipinski definition) is 3. The fourth-order valence-electron chi connectivity index (χ4n) is 6.91. The van der Waals surface area contributed by atoms with E-state index in [0.717, 1.165) is 0 Å². The van der Waals surface area contributed by atoms with Gasteiger partial charge in [0.2, 0.25) is 21.8 Å². The van der Waals surface area contributed by atoms with Gasteiger partial charge in [-0.1, -0.05) is 51.1 Å². The first-order valence-electron chi connectivity index (χ1n) is 18.8. The van der Waals surface area contributed by atoms with E-state index in [1.807, 2.05) is 6.08 Å². The van der Waals surface area contributed by atoms with Crippen LogP contribution in [0.4, 0.5) is 14.0 Å². The molecule has 5 amide bonds. The lowest BCUT2D eigenvalue weighted by Gasteiger charge is -2.30. The standard InChI is InChI=1S/C39H54FN5O9S/c1-8-25-20-39(25,34(48)43-55(51,52)27-16-17-27)42-32(46)31-19-26(53-36(50)44-21-24-13-12-14-29(40)28(24)23-44)22-45(31)33(47)30(41-35(49)54-38(5,6)7)15-10-9-11-18-37(2,3)4/h8,11-14,18,25-27,30-31H,1,9-10,15-17,19-23H2,2-7H3,(H,41,49)(H,42,46)(H,43,48)/b18-11-/t25-,26-,30+,31?,39-/m1/s1. The predicted molar refractivity (Wildman–Crippen MR) is 201 cm³/mol. The molecule has 2 heterocycles. The van der Waals surface area contributed by atoms with Crippen molar-refractivity contribution in [2.75, 3.05) is 6.54 Å². The number of nitrogens with zero attached hydrogens (tertiary/aromatic N) is 2. The van der Waals surface area contributed by atoms with Crippen LogP contribution < -0.4 is 15.4 Å². The molecule has 1 aromatic carbocycles. The van der Waals surface area contributed by atoms with E-state index in [-0.39, 0.29) is 44.3 Å². The monoisotopic (exact) mass is 787 g/mol. The molecular weight excluding hydrogens is 734 g/mol. The Balaban J connectivity index is 1.38. The summed E-state index contributed by atoms with van der Waals surface area (Å²) in [6.07, 6.45) is 4.97. The molecule has 1 unspecified atom stereocenters. The molecule has 16 heteroatoms. The molecule has 5 atom stereocenters. The lowest BCUT2D eigenvalue weighted by atomic mass is 9.95. The molecule has 1 saturated heterocycles. The maximum absolute atomic E-state index is 14.5. The lowest BCUT2D eigenvalue weighted by molar-refractivity contribution is -0.141. The number of allylic oxidation sites excluding steroid dienone is 2. The van der Waals surface area contributed by atoms with Crippen molar-refractivity contribution < 1.29 is 46.3 Å². The highest BCUT2D eigenvalue weighted by Crippen LogP contribution is 2.45. The van der Waals surface area contributed by atoms with Gasteiger partial charge in [-0.05, 0) is 76.3 Å². The summed E-state index contributed by atoms with van der Waals surface area (Å²) in [6.45, 7) is 14.8. The summed E-state index contributed by atoms with van der Waals surface area (Å²) in [7, 11) is -3.94. The van der Waals surface area contributed by atoms with Crippen molar-refractivity contribution >= 4 is 39.9 Å². The smallest absolute Gasteiger partial charge is 0.410 e. The fraction of sp³-hybridized carbons (Fsp3) is 0.615. The maximum atomic E-state index is 14.5. The van der Waals surface area contributed by atoms with Gasteiger partial charge in [0.1, 0.15) is 35.1 Å². The summed E-state index contributed by atoms with van der Waals surface area (Å²) in [5, 5.41) is 4.70. The van der Waals surface area contributed by atoms with Gasteiger partial charge in [-0.15, -0.1) is 6.58 Å². The van der Waals surface area contributed by atoms with Crippen LogP contribution in [-0.4, -0.2) is 89.2 Å². The van der Waals surface area contributed by atoms with Crippen LogP contribution in [0.5, 0.6) is 0 Å². The Morgan fingerprint density at radius 3 is 2.40 bits per heavy atom. The first kappa shape index (κ1) is 41.7. The molecule has 4 aliphatic rings. The van der Waals surface area contributed by atoms with E-state index in [1.165, 1.54) is 21.9 Å². The number of nitrogens with one attached hydrogen (secondary N) is 3. The number of amides is 5. The maximum Gasteiger partial charge on any atom is 0.410 e. The van der Waals surface area contributed by atoms with E-state index in [9.17, 15) is 36.8 Å². The van der Waals surface area contributed by atoms with Crippen molar-refractivity contribution in [1.82, 2.24) is 25.2 Å². The molecule has 55 heavy (non-hydrogen) atoms. The summed E-state index contributed by atoms with van der Waals surface area (Å²) in [5.74, 6) is -3.32. The summed E-state index contributed by atoms with van der Waals surface area (Å²) < 4.78 is 53.2. The largest absolute Gasteiger partial charge is 0.444 e. The molecule has 5 rings (SSSR count). The van der Waals surface area contributed by atoms with Crippen LogP contribution >= 0.6 is 0 Å². The van der Waals surface area contributed by atoms with Crippen LogP contribution in [0.2, 0.25) is 0 Å². The zero-order valence-electron chi connectivity index (χ0n) is 32.5. The number of alkyl carbamates (subject to hydrolysis) is 1. The van der Waals surface area contributed by atoms with Gasteiger partial charge in [0.25, 0.3) is 5.91 Å². The van der Waals surface area contributed by atoms with Gasteiger partial charge in [0, 0.05) is 24.4 Å².